The van der Waals surface area contributed by atoms with Crippen molar-refractivity contribution in [2.45, 2.75) is 31.8 Å². The molecule has 0 aromatic carbocycles. The van der Waals surface area contributed by atoms with E-state index in [4.69, 9.17) is 4.74 Å². The van der Waals surface area contributed by atoms with Crippen molar-refractivity contribution >= 4 is 11.8 Å². The number of likely N-dealkylation sites (tertiary alicyclic amines) is 1. The number of methoxy groups -OCH3 is 1. The Morgan fingerprint density at radius 1 is 1.50 bits per heavy atom. The number of rotatable bonds is 6. The highest BCUT2D eigenvalue weighted by atomic mass is 16.5. The molecule has 0 spiro atoms. The Hall–Kier alpha value is -1.14. The van der Waals surface area contributed by atoms with Crippen LogP contribution in [0.3, 0.4) is 0 Å². The van der Waals surface area contributed by atoms with Crippen molar-refractivity contribution in [3.05, 3.63) is 0 Å². The van der Waals surface area contributed by atoms with Gasteiger partial charge in [-0.25, -0.2) is 0 Å². The molecule has 1 aliphatic carbocycles. The second-order valence-corrected chi connectivity index (χ2v) is 5.74. The molecule has 0 aromatic rings. The summed E-state index contributed by atoms with van der Waals surface area (Å²) in [6.07, 6.45) is 2.80. The number of nitrogens with zero attached hydrogens (tertiary/aromatic N) is 1. The smallest absolute Gasteiger partial charge is 0.225 e. The molecule has 0 bridgehead atoms. The van der Waals surface area contributed by atoms with Gasteiger partial charge in [0.2, 0.25) is 11.8 Å². The van der Waals surface area contributed by atoms with Gasteiger partial charge in [-0.3, -0.25) is 9.59 Å². The molecule has 6 nitrogen and oxygen atoms in total. The summed E-state index contributed by atoms with van der Waals surface area (Å²) in [6, 6.07) is 0. The van der Waals surface area contributed by atoms with Crippen LogP contribution in [0.1, 0.15) is 25.7 Å². The van der Waals surface area contributed by atoms with Crippen LogP contribution in [0.2, 0.25) is 0 Å². The zero-order chi connectivity index (χ0) is 14.5. The maximum absolute atomic E-state index is 12.1. The fourth-order valence-corrected chi connectivity index (χ4v) is 3.00. The molecular weight excluding hydrogens is 260 g/mol. The van der Waals surface area contributed by atoms with Gasteiger partial charge < -0.3 is 20.1 Å². The number of amides is 2. The van der Waals surface area contributed by atoms with Crippen molar-refractivity contribution in [1.82, 2.24) is 10.2 Å². The normalized spacial score (nSPS) is 30.0. The van der Waals surface area contributed by atoms with Crippen molar-refractivity contribution in [3.63, 3.8) is 0 Å². The average molecular weight is 284 g/mol. The summed E-state index contributed by atoms with van der Waals surface area (Å²) in [5, 5.41) is 12.6. The predicted octanol–water partition coefficient (Wildman–Crippen LogP) is -0.241. The molecule has 6 heteroatoms. The fourth-order valence-electron chi connectivity index (χ4n) is 3.00. The number of carbonyl (C=O) groups is 2. The first-order valence-electron chi connectivity index (χ1n) is 7.34. The summed E-state index contributed by atoms with van der Waals surface area (Å²) in [7, 11) is 1.59. The first kappa shape index (κ1) is 15.3. The molecule has 1 saturated carbocycles. The van der Waals surface area contributed by atoms with Gasteiger partial charge in [0.25, 0.3) is 0 Å². The van der Waals surface area contributed by atoms with Crippen molar-refractivity contribution in [1.29, 1.82) is 0 Å². The van der Waals surface area contributed by atoms with Gasteiger partial charge in [0.05, 0.1) is 18.6 Å². The van der Waals surface area contributed by atoms with E-state index in [9.17, 15) is 14.7 Å². The van der Waals surface area contributed by atoms with Crippen LogP contribution in [0.15, 0.2) is 0 Å². The van der Waals surface area contributed by atoms with Crippen LogP contribution in [0.5, 0.6) is 0 Å². The van der Waals surface area contributed by atoms with E-state index in [2.05, 4.69) is 5.32 Å². The summed E-state index contributed by atoms with van der Waals surface area (Å²) in [4.78, 5) is 25.5. The van der Waals surface area contributed by atoms with E-state index in [1.54, 1.807) is 12.0 Å². The Bertz CT molecular complexity index is 361. The summed E-state index contributed by atoms with van der Waals surface area (Å²) < 4.78 is 4.95. The number of aliphatic hydroxyl groups is 1. The van der Waals surface area contributed by atoms with E-state index in [1.165, 1.54) is 0 Å². The molecule has 1 saturated heterocycles. The van der Waals surface area contributed by atoms with Gasteiger partial charge in [-0.1, -0.05) is 6.42 Å². The molecule has 114 valence electrons. The van der Waals surface area contributed by atoms with Crippen LogP contribution in [0, 0.1) is 11.8 Å². The van der Waals surface area contributed by atoms with Gasteiger partial charge in [-0.2, -0.15) is 0 Å². The SMILES string of the molecule is COCCN1CC(C(=O)NCC2CCCC2O)CC1=O. The lowest BCUT2D eigenvalue weighted by atomic mass is 10.0. The molecule has 1 aliphatic heterocycles. The largest absolute Gasteiger partial charge is 0.393 e. The molecule has 1 heterocycles. The van der Waals surface area contributed by atoms with Gasteiger partial charge in [0.1, 0.15) is 0 Å². The summed E-state index contributed by atoms with van der Waals surface area (Å²) in [5.41, 5.74) is 0. The third-order valence-corrected chi connectivity index (χ3v) is 4.31. The lowest BCUT2D eigenvalue weighted by Crippen LogP contribution is -2.37. The van der Waals surface area contributed by atoms with Crippen molar-refractivity contribution in [2.24, 2.45) is 11.8 Å². The quantitative estimate of drug-likeness (QED) is 0.705. The fraction of sp³-hybridized carbons (Fsp3) is 0.857. The molecule has 2 rings (SSSR count). The zero-order valence-corrected chi connectivity index (χ0v) is 12.0. The Morgan fingerprint density at radius 2 is 2.30 bits per heavy atom. The van der Waals surface area contributed by atoms with Gasteiger partial charge in [-0.15, -0.1) is 0 Å². The second kappa shape index (κ2) is 7.04. The van der Waals surface area contributed by atoms with E-state index in [1.807, 2.05) is 0 Å². The molecule has 0 aromatic heterocycles. The first-order valence-corrected chi connectivity index (χ1v) is 7.34. The third kappa shape index (κ3) is 3.70. The monoisotopic (exact) mass is 284 g/mol. The van der Waals surface area contributed by atoms with Gasteiger partial charge in [0.15, 0.2) is 0 Å². The number of carbonyl (C=O) groups excluding carboxylic acids is 2. The Labute approximate surface area is 119 Å². The maximum Gasteiger partial charge on any atom is 0.225 e. The number of hydrogen-bond acceptors (Lipinski definition) is 4. The molecular formula is C14H24N2O4. The second-order valence-electron chi connectivity index (χ2n) is 5.74. The molecule has 2 N–H and O–H groups in total. The van der Waals surface area contributed by atoms with E-state index >= 15 is 0 Å². The molecule has 3 atom stereocenters. The van der Waals surface area contributed by atoms with Crippen molar-refractivity contribution in [2.75, 3.05) is 33.4 Å². The highest BCUT2D eigenvalue weighted by molar-refractivity contribution is 5.89. The van der Waals surface area contributed by atoms with E-state index in [0.717, 1.165) is 19.3 Å². The molecule has 20 heavy (non-hydrogen) atoms. The zero-order valence-electron chi connectivity index (χ0n) is 12.0. The lowest BCUT2D eigenvalue weighted by molar-refractivity contribution is -0.129. The minimum Gasteiger partial charge on any atom is -0.393 e. The average Bonchev–Trinajstić information content (AvgIpc) is 3.00. The Kier molecular flexibility index (Phi) is 5.37. The van der Waals surface area contributed by atoms with Crippen molar-refractivity contribution in [3.8, 4) is 0 Å². The van der Waals surface area contributed by atoms with E-state index < -0.39 is 0 Å². The summed E-state index contributed by atoms with van der Waals surface area (Å²) in [5.74, 6) is -0.154. The number of nitrogens with one attached hydrogen (secondary N) is 1. The van der Waals surface area contributed by atoms with E-state index in [0.29, 0.717) is 26.2 Å². The van der Waals surface area contributed by atoms with Gasteiger partial charge >= 0.3 is 0 Å². The molecule has 2 aliphatic rings. The van der Waals surface area contributed by atoms with Crippen molar-refractivity contribution < 1.29 is 19.4 Å². The van der Waals surface area contributed by atoms with Gasteiger partial charge in [0, 0.05) is 39.1 Å². The maximum atomic E-state index is 12.1. The summed E-state index contributed by atoms with van der Waals surface area (Å²) >= 11 is 0. The van der Waals surface area contributed by atoms with Crippen LogP contribution >= 0.6 is 0 Å². The number of hydrogen-bond donors (Lipinski definition) is 2. The van der Waals surface area contributed by atoms with Crippen LogP contribution in [-0.4, -0.2) is 61.3 Å². The third-order valence-electron chi connectivity index (χ3n) is 4.31. The van der Waals surface area contributed by atoms with Crippen LogP contribution < -0.4 is 5.32 Å². The molecule has 0 radical (unpaired) electrons. The standard InChI is InChI=1S/C14H24N2O4/c1-20-6-5-16-9-11(7-13(16)18)14(19)15-8-10-3-2-4-12(10)17/h10-12,17H,2-9H2,1H3,(H,15,19). The summed E-state index contributed by atoms with van der Waals surface area (Å²) in [6.45, 7) is 2.03. The Morgan fingerprint density at radius 3 is 2.95 bits per heavy atom. The lowest BCUT2D eigenvalue weighted by Gasteiger charge is -2.18. The van der Waals surface area contributed by atoms with Crippen LogP contribution in [0.4, 0.5) is 0 Å². The first-order chi connectivity index (χ1) is 9.61. The number of aliphatic hydroxyl groups excluding tert-OH is 1. The number of ether oxygens (including phenoxy) is 1. The minimum atomic E-state index is -0.293. The Balaban J connectivity index is 1.74. The van der Waals surface area contributed by atoms with Gasteiger partial charge in [-0.05, 0) is 12.8 Å². The molecule has 2 fully saturated rings. The topological polar surface area (TPSA) is 78.9 Å². The highest BCUT2D eigenvalue weighted by Gasteiger charge is 2.34. The van der Waals surface area contributed by atoms with Crippen LogP contribution in [-0.2, 0) is 14.3 Å². The van der Waals surface area contributed by atoms with Crippen LogP contribution in [0.25, 0.3) is 0 Å². The molecule has 2 amide bonds. The minimum absolute atomic E-state index is 0.0168. The highest BCUT2D eigenvalue weighted by Crippen LogP contribution is 2.25. The molecule has 3 unspecified atom stereocenters. The van der Waals surface area contributed by atoms with E-state index in [-0.39, 0.29) is 36.2 Å². The predicted molar refractivity (Wildman–Crippen MR) is 72.9 cm³/mol.